The molecule has 0 radical (unpaired) electrons. The molecular weight excluding hydrogens is 410 g/mol. The van der Waals surface area contributed by atoms with Gasteiger partial charge in [0.25, 0.3) is 11.1 Å². The lowest BCUT2D eigenvalue weighted by atomic mass is 10.2. The van der Waals surface area contributed by atoms with Gasteiger partial charge < -0.3 is 4.42 Å². The summed E-state index contributed by atoms with van der Waals surface area (Å²) in [6.45, 7) is 0. The summed E-state index contributed by atoms with van der Waals surface area (Å²) < 4.78 is 7.09. The van der Waals surface area contributed by atoms with E-state index in [4.69, 9.17) is 4.42 Å². The first kappa shape index (κ1) is 19.2. The van der Waals surface area contributed by atoms with Gasteiger partial charge in [0.2, 0.25) is 5.91 Å². The predicted molar refractivity (Wildman–Crippen MR) is 109 cm³/mol. The minimum atomic E-state index is -0.241. The van der Waals surface area contributed by atoms with Gasteiger partial charge in [-0.25, -0.2) is 9.66 Å². The standard InChI is InChI=1S/C18H15N7O2S2/c26-15(24-25-11-20-21-12-25)10-29-18-23-22-16(27-18)14-7-4-8-19-17(14)28-9-13-5-2-1-3-6-13/h1-8,11-12H,9-10H2,(H,24,26). The molecule has 1 amide bonds. The highest BCUT2D eigenvalue weighted by molar-refractivity contribution is 7.99. The molecule has 0 spiro atoms. The molecule has 4 aromatic rings. The first-order chi connectivity index (χ1) is 14.3. The Hall–Kier alpha value is -3.18. The van der Waals surface area contributed by atoms with Crippen molar-refractivity contribution < 1.29 is 9.21 Å². The van der Waals surface area contributed by atoms with Crippen LogP contribution < -0.4 is 5.43 Å². The third-order valence-electron chi connectivity index (χ3n) is 3.63. The van der Waals surface area contributed by atoms with E-state index in [-0.39, 0.29) is 11.7 Å². The van der Waals surface area contributed by atoms with Crippen LogP contribution in [0.1, 0.15) is 5.56 Å². The minimum absolute atomic E-state index is 0.114. The molecule has 9 nitrogen and oxygen atoms in total. The van der Waals surface area contributed by atoms with Crippen molar-refractivity contribution in [3.8, 4) is 11.5 Å². The zero-order valence-electron chi connectivity index (χ0n) is 15.0. The normalized spacial score (nSPS) is 10.8. The van der Waals surface area contributed by atoms with Crippen LogP contribution in [0.15, 0.2) is 76.0 Å². The van der Waals surface area contributed by atoms with Crippen LogP contribution >= 0.6 is 23.5 Å². The third-order valence-corrected chi connectivity index (χ3v) is 5.52. The van der Waals surface area contributed by atoms with Crippen molar-refractivity contribution in [2.24, 2.45) is 0 Å². The maximum absolute atomic E-state index is 11.9. The summed E-state index contributed by atoms with van der Waals surface area (Å²) in [4.78, 5) is 16.4. The number of carbonyl (C=O) groups is 1. The zero-order chi connectivity index (χ0) is 19.9. The number of nitrogens with one attached hydrogen (secondary N) is 1. The fourth-order valence-corrected chi connectivity index (χ4v) is 3.83. The zero-order valence-corrected chi connectivity index (χ0v) is 16.6. The number of benzene rings is 1. The molecule has 3 aromatic heterocycles. The summed E-state index contributed by atoms with van der Waals surface area (Å²) in [6.07, 6.45) is 4.52. The van der Waals surface area contributed by atoms with E-state index in [1.807, 2.05) is 30.3 Å². The fraction of sp³-hybridized carbons (Fsp3) is 0.111. The molecule has 0 atom stereocenters. The van der Waals surface area contributed by atoms with E-state index in [1.54, 1.807) is 18.0 Å². The van der Waals surface area contributed by atoms with E-state index in [0.29, 0.717) is 11.1 Å². The van der Waals surface area contributed by atoms with Crippen molar-refractivity contribution >= 4 is 29.4 Å². The van der Waals surface area contributed by atoms with Gasteiger partial charge in [-0.1, -0.05) is 42.1 Å². The molecule has 0 saturated heterocycles. The van der Waals surface area contributed by atoms with Crippen molar-refractivity contribution in [2.45, 2.75) is 16.0 Å². The summed E-state index contributed by atoms with van der Waals surface area (Å²) in [5.41, 5.74) is 4.57. The average Bonchev–Trinajstić information content (AvgIpc) is 3.44. The van der Waals surface area contributed by atoms with Gasteiger partial charge in [-0.15, -0.1) is 32.2 Å². The van der Waals surface area contributed by atoms with Crippen LogP contribution in [-0.2, 0) is 10.5 Å². The SMILES string of the molecule is O=C(CSc1nnc(-c2cccnc2SCc2ccccc2)o1)Nn1cnnc1. The van der Waals surface area contributed by atoms with Gasteiger partial charge in [-0.2, -0.15) is 0 Å². The number of rotatable bonds is 8. The fourth-order valence-electron chi connectivity index (χ4n) is 2.33. The van der Waals surface area contributed by atoms with E-state index in [0.717, 1.165) is 28.1 Å². The van der Waals surface area contributed by atoms with E-state index in [2.05, 4.69) is 42.9 Å². The van der Waals surface area contributed by atoms with Crippen molar-refractivity contribution in [1.82, 2.24) is 30.1 Å². The summed E-state index contributed by atoms with van der Waals surface area (Å²) in [5, 5.41) is 16.5. The van der Waals surface area contributed by atoms with Gasteiger partial charge in [-0.05, 0) is 17.7 Å². The molecule has 1 N–H and O–H groups in total. The smallest absolute Gasteiger partial charge is 0.277 e. The Morgan fingerprint density at radius 3 is 2.69 bits per heavy atom. The number of aromatic nitrogens is 6. The second kappa shape index (κ2) is 9.34. The number of hydrogen-bond acceptors (Lipinski definition) is 9. The Kier molecular flexibility index (Phi) is 6.17. The van der Waals surface area contributed by atoms with Gasteiger partial charge in [0, 0.05) is 11.9 Å². The summed E-state index contributed by atoms with van der Waals surface area (Å²) in [7, 11) is 0. The topological polar surface area (TPSA) is 112 Å². The van der Waals surface area contributed by atoms with E-state index in [1.165, 1.54) is 22.9 Å². The highest BCUT2D eigenvalue weighted by atomic mass is 32.2. The quantitative estimate of drug-likeness (QED) is 0.426. The lowest BCUT2D eigenvalue weighted by molar-refractivity contribution is -0.114. The van der Waals surface area contributed by atoms with Gasteiger partial charge in [-0.3, -0.25) is 10.2 Å². The highest BCUT2D eigenvalue weighted by Gasteiger charge is 2.15. The van der Waals surface area contributed by atoms with Crippen molar-refractivity contribution in [2.75, 3.05) is 11.2 Å². The number of pyridine rings is 1. The van der Waals surface area contributed by atoms with Crippen LogP contribution in [0.4, 0.5) is 0 Å². The first-order valence-electron chi connectivity index (χ1n) is 8.51. The molecular formula is C18H15N7O2S2. The molecule has 0 aliphatic heterocycles. The van der Waals surface area contributed by atoms with Crippen LogP contribution in [-0.4, -0.2) is 41.7 Å². The lowest BCUT2D eigenvalue weighted by Crippen LogP contribution is -2.23. The lowest BCUT2D eigenvalue weighted by Gasteiger charge is -2.05. The van der Waals surface area contributed by atoms with Gasteiger partial charge in [0.05, 0.1) is 11.3 Å². The molecule has 29 heavy (non-hydrogen) atoms. The van der Waals surface area contributed by atoms with Gasteiger partial charge >= 0.3 is 0 Å². The van der Waals surface area contributed by atoms with E-state index < -0.39 is 0 Å². The number of thioether (sulfide) groups is 2. The Labute approximate surface area is 174 Å². The molecule has 0 unspecified atom stereocenters. The van der Waals surface area contributed by atoms with Gasteiger partial charge in [0.1, 0.15) is 17.7 Å². The minimum Gasteiger partial charge on any atom is -0.411 e. The second-order valence-electron chi connectivity index (χ2n) is 5.70. The third kappa shape index (κ3) is 5.21. The van der Waals surface area contributed by atoms with Crippen LogP contribution in [0, 0.1) is 0 Å². The maximum atomic E-state index is 11.9. The molecule has 0 aliphatic carbocycles. The molecule has 0 saturated carbocycles. The summed E-state index contributed by atoms with van der Waals surface area (Å²) in [5.74, 6) is 1.03. The molecule has 4 rings (SSSR count). The van der Waals surface area contributed by atoms with Crippen molar-refractivity contribution in [3.05, 3.63) is 66.9 Å². The molecule has 3 heterocycles. The first-order valence-corrected chi connectivity index (χ1v) is 10.5. The molecule has 0 aliphatic rings. The summed E-state index contributed by atoms with van der Waals surface area (Å²) >= 11 is 2.75. The molecule has 146 valence electrons. The highest BCUT2D eigenvalue weighted by Crippen LogP contribution is 2.32. The monoisotopic (exact) mass is 425 g/mol. The number of carbonyl (C=O) groups excluding carboxylic acids is 1. The number of nitrogens with zero attached hydrogens (tertiary/aromatic N) is 6. The molecule has 1 aromatic carbocycles. The Bertz CT molecular complexity index is 1070. The molecule has 11 heteroatoms. The van der Waals surface area contributed by atoms with Crippen LogP contribution in [0.3, 0.4) is 0 Å². The maximum Gasteiger partial charge on any atom is 0.277 e. The average molecular weight is 425 g/mol. The molecule has 0 fully saturated rings. The predicted octanol–water partition coefficient (Wildman–Crippen LogP) is 2.88. The summed E-state index contributed by atoms with van der Waals surface area (Å²) in [6, 6.07) is 13.9. The van der Waals surface area contributed by atoms with Crippen LogP contribution in [0.5, 0.6) is 0 Å². The van der Waals surface area contributed by atoms with Crippen LogP contribution in [0.2, 0.25) is 0 Å². The van der Waals surface area contributed by atoms with E-state index >= 15 is 0 Å². The Balaban J connectivity index is 1.39. The Morgan fingerprint density at radius 2 is 1.86 bits per heavy atom. The van der Waals surface area contributed by atoms with E-state index in [9.17, 15) is 4.79 Å². The van der Waals surface area contributed by atoms with Crippen LogP contribution in [0.25, 0.3) is 11.5 Å². The Morgan fingerprint density at radius 1 is 1.03 bits per heavy atom. The second-order valence-corrected chi connectivity index (χ2v) is 7.59. The largest absolute Gasteiger partial charge is 0.411 e. The van der Waals surface area contributed by atoms with Crippen molar-refractivity contribution in [1.29, 1.82) is 0 Å². The number of amides is 1. The van der Waals surface area contributed by atoms with Crippen molar-refractivity contribution in [3.63, 3.8) is 0 Å². The van der Waals surface area contributed by atoms with Gasteiger partial charge in [0.15, 0.2) is 0 Å². The molecule has 0 bridgehead atoms. The number of hydrogen-bond donors (Lipinski definition) is 1.